The minimum atomic E-state index is 0.261. The van der Waals surface area contributed by atoms with Crippen LogP contribution in [0.2, 0.25) is 5.02 Å². The second kappa shape index (κ2) is 6.13. The van der Waals surface area contributed by atoms with Gasteiger partial charge in [-0.25, -0.2) is 0 Å². The molecule has 0 aliphatic heterocycles. The molecule has 1 rings (SSSR count). The molecule has 0 spiro atoms. The van der Waals surface area contributed by atoms with Gasteiger partial charge in [-0.3, -0.25) is 4.68 Å². The van der Waals surface area contributed by atoms with Crippen LogP contribution in [0.4, 0.5) is 0 Å². The molecule has 0 aliphatic rings. The summed E-state index contributed by atoms with van der Waals surface area (Å²) in [5, 5.41) is 5.07. The highest BCUT2D eigenvalue weighted by Crippen LogP contribution is 2.16. The zero-order chi connectivity index (χ0) is 11.3. The molecule has 86 valence electrons. The van der Waals surface area contributed by atoms with Gasteiger partial charge < -0.3 is 4.74 Å². The minimum absolute atomic E-state index is 0.261. The number of hydrogen-bond acceptors (Lipinski definition) is 2. The first kappa shape index (κ1) is 12.5. The highest BCUT2D eigenvalue weighted by Gasteiger charge is 2.08. The Morgan fingerprint density at radius 1 is 1.53 bits per heavy atom. The minimum Gasteiger partial charge on any atom is -0.372 e. The third kappa shape index (κ3) is 3.84. The first-order valence-corrected chi connectivity index (χ1v) is 5.88. The van der Waals surface area contributed by atoms with Crippen LogP contribution in [0.15, 0.2) is 6.20 Å². The number of halogens is 1. The molecule has 0 bridgehead atoms. The van der Waals surface area contributed by atoms with E-state index in [0.29, 0.717) is 11.6 Å². The molecule has 0 aromatic carbocycles. The zero-order valence-electron chi connectivity index (χ0n) is 9.66. The number of aryl methyl sites for hydroxylation is 1. The van der Waals surface area contributed by atoms with Gasteiger partial charge in [0.05, 0.1) is 17.7 Å². The summed E-state index contributed by atoms with van der Waals surface area (Å²) in [6.07, 6.45) is 4.19. The fraction of sp³-hybridized carbons (Fsp3) is 0.727. The largest absolute Gasteiger partial charge is 0.372 e. The maximum absolute atomic E-state index is 6.04. The average Bonchev–Trinajstić information content (AvgIpc) is 2.56. The van der Waals surface area contributed by atoms with E-state index in [1.54, 1.807) is 0 Å². The first-order chi connectivity index (χ1) is 7.17. The molecule has 0 fully saturated rings. The molecule has 0 radical (unpaired) electrons. The van der Waals surface area contributed by atoms with Crippen molar-refractivity contribution < 1.29 is 4.74 Å². The molecular weight excluding hydrogens is 212 g/mol. The van der Waals surface area contributed by atoms with Crippen molar-refractivity contribution in [2.45, 2.75) is 52.9 Å². The Labute approximate surface area is 96.4 Å². The van der Waals surface area contributed by atoms with Gasteiger partial charge in [-0.15, -0.1) is 0 Å². The summed E-state index contributed by atoms with van der Waals surface area (Å²) in [6, 6.07) is 0. The number of hydrogen-bond donors (Lipinski definition) is 0. The van der Waals surface area contributed by atoms with E-state index >= 15 is 0 Å². The molecule has 0 amide bonds. The van der Waals surface area contributed by atoms with Crippen molar-refractivity contribution in [3.63, 3.8) is 0 Å². The Hall–Kier alpha value is -0.540. The smallest absolute Gasteiger partial charge is 0.107 e. The molecule has 0 saturated carbocycles. The van der Waals surface area contributed by atoms with Gasteiger partial charge in [0.2, 0.25) is 0 Å². The monoisotopic (exact) mass is 230 g/mol. The van der Waals surface area contributed by atoms with E-state index in [9.17, 15) is 0 Å². The van der Waals surface area contributed by atoms with Gasteiger partial charge in [-0.05, 0) is 19.8 Å². The average molecular weight is 231 g/mol. The van der Waals surface area contributed by atoms with Crippen molar-refractivity contribution in [2.75, 3.05) is 0 Å². The van der Waals surface area contributed by atoms with Gasteiger partial charge in [0, 0.05) is 12.7 Å². The molecule has 0 saturated heterocycles. The predicted octanol–water partition coefficient (Wildman–Crippen LogP) is 3.26. The summed E-state index contributed by atoms with van der Waals surface area (Å²) in [4.78, 5) is 0. The van der Waals surface area contributed by atoms with E-state index in [4.69, 9.17) is 16.3 Å². The van der Waals surface area contributed by atoms with Crippen LogP contribution >= 0.6 is 11.6 Å². The quantitative estimate of drug-likeness (QED) is 0.750. The van der Waals surface area contributed by atoms with Crippen LogP contribution in [-0.4, -0.2) is 15.9 Å². The van der Waals surface area contributed by atoms with Crippen molar-refractivity contribution in [3.05, 3.63) is 16.9 Å². The van der Waals surface area contributed by atoms with Gasteiger partial charge >= 0.3 is 0 Å². The Morgan fingerprint density at radius 2 is 2.27 bits per heavy atom. The summed E-state index contributed by atoms with van der Waals surface area (Å²) >= 11 is 6.04. The molecule has 1 unspecified atom stereocenters. The topological polar surface area (TPSA) is 27.1 Å². The van der Waals surface area contributed by atoms with Crippen molar-refractivity contribution in [3.8, 4) is 0 Å². The van der Waals surface area contributed by atoms with Crippen LogP contribution in [0.3, 0.4) is 0 Å². The van der Waals surface area contributed by atoms with E-state index in [-0.39, 0.29) is 6.10 Å². The fourth-order valence-electron chi connectivity index (χ4n) is 1.22. The van der Waals surface area contributed by atoms with Crippen molar-refractivity contribution in [1.29, 1.82) is 0 Å². The molecule has 3 nitrogen and oxygen atoms in total. The standard InChI is InChI=1S/C11H19ClN2O/c1-4-6-14-7-10(12)11(13-14)8-15-9(3)5-2/h7,9H,4-6,8H2,1-3H3. The van der Waals surface area contributed by atoms with Crippen LogP contribution in [0.25, 0.3) is 0 Å². The summed E-state index contributed by atoms with van der Waals surface area (Å²) in [5.41, 5.74) is 0.838. The summed E-state index contributed by atoms with van der Waals surface area (Å²) in [7, 11) is 0. The van der Waals surface area contributed by atoms with E-state index < -0.39 is 0 Å². The Bertz CT molecular complexity index is 299. The van der Waals surface area contributed by atoms with Crippen molar-refractivity contribution >= 4 is 11.6 Å². The number of nitrogens with zero attached hydrogens (tertiary/aromatic N) is 2. The van der Waals surface area contributed by atoms with E-state index in [1.165, 1.54) is 0 Å². The molecular formula is C11H19ClN2O. The van der Waals surface area contributed by atoms with Crippen LogP contribution in [0.5, 0.6) is 0 Å². The predicted molar refractivity (Wildman–Crippen MR) is 62.1 cm³/mol. The van der Waals surface area contributed by atoms with E-state index in [1.807, 2.05) is 10.9 Å². The maximum Gasteiger partial charge on any atom is 0.107 e. The molecule has 0 aliphatic carbocycles. The lowest BCUT2D eigenvalue weighted by Crippen LogP contribution is -2.07. The van der Waals surface area contributed by atoms with Crippen LogP contribution < -0.4 is 0 Å². The van der Waals surface area contributed by atoms with Crippen LogP contribution in [0.1, 0.15) is 39.3 Å². The lowest BCUT2D eigenvalue weighted by Gasteiger charge is -2.08. The lowest BCUT2D eigenvalue weighted by molar-refractivity contribution is 0.0486. The number of rotatable bonds is 6. The van der Waals surface area contributed by atoms with Crippen LogP contribution in [-0.2, 0) is 17.9 Å². The summed E-state index contributed by atoms with van der Waals surface area (Å²) < 4.78 is 7.46. The molecule has 1 heterocycles. The first-order valence-electron chi connectivity index (χ1n) is 5.50. The van der Waals surface area contributed by atoms with Crippen molar-refractivity contribution in [2.24, 2.45) is 0 Å². The van der Waals surface area contributed by atoms with E-state index in [2.05, 4.69) is 25.9 Å². The molecule has 1 aromatic rings. The maximum atomic E-state index is 6.04. The molecule has 4 heteroatoms. The third-order valence-corrected chi connectivity index (χ3v) is 2.64. The molecule has 1 atom stereocenters. The highest BCUT2D eigenvalue weighted by atomic mass is 35.5. The van der Waals surface area contributed by atoms with Gasteiger partial charge in [0.25, 0.3) is 0 Å². The second-order valence-corrected chi connectivity index (χ2v) is 4.12. The molecule has 1 aromatic heterocycles. The lowest BCUT2D eigenvalue weighted by atomic mass is 10.3. The third-order valence-electron chi connectivity index (χ3n) is 2.32. The molecule has 15 heavy (non-hydrogen) atoms. The number of ether oxygens (including phenoxy) is 1. The van der Waals surface area contributed by atoms with E-state index in [0.717, 1.165) is 25.1 Å². The zero-order valence-corrected chi connectivity index (χ0v) is 10.4. The van der Waals surface area contributed by atoms with Crippen molar-refractivity contribution in [1.82, 2.24) is 9.78 Å². The van der Waals surface area contributed by atoms with Gasteiger partial charge in [0.1, 0.15) is 5.69 Å². The van der Waals surface area contributed by atoms with Gasteiger partial charge in [0.15, 0.2) is 0 Å². The fourth-order valence-corrected chi connectivity index (χ4v) is 1.42. The number of aromatic nitrogens is 2. The van der Waals surface area contributed by atoms with Gasteiger partial charge in [-0.2, -0.15) is 5.10 Å². The summed E-state index contributed by atoms with van der Waals surface area (Å²) in [6.45, 7) is 7.68. The molecule has 0 N–H and O–H groups in total. The SMILES string of the molecule is CCCn1cc(Cl)c(COC(C)CC)n1. The Morgan fingerprint density at radius 3 is 2.87 bits per heavy atom. The highest BCUT2D eigenvalue weighted by molar-refractivity contribution is 6.31. The Balaban J connectivity index is 2.53. The van der Waals surface area contributed by atoms with Crippen LogP contribution in [0, 0.1) is 0 Å². The Kier molecular flexibility index (Phi) is 5.12. The normalized spacial score (nSPS) is 13.1. The van der Waals surface area contributed by atoms with Gasteiger partial charge in [-0.1, -0.05) is 25.4 Å². The summed E-state index contributed by atoms with van der Waals surface area (Å²) in [5.74, 6) is 0. The second-order valence-electron chi connectivity index (χ2n) is 3.72.